The summed E-state index contributed by atoms with van der Waals surface area (Å²) >= 11 is 0. The van der Waals surface area contributed by atoms with Gasteiger partial charge in [-0.1, -0.05) is 12.1 Å². The van der Waals surface area contributed by atoms with E-state index < -0.39 is 16.1 Å². The Morgan fingerprint density at radius 2 is 1.38 bits per heavy atom. The monoisotopic (exact) mass is 378 g/mol. The van der Waals surface area contributed by atoms with E-state index >= 15 is 0 Å². The molecule has 0 aromatic heterocycles. The van der Waals surface area contributed by atoms with Gasteiger partial charge in [0.1, 0.15) is 11.5 Å². The number of sulfonamides is 1. The third kappa shape index (κ3) is 5.66. The van der Waals surface area contributed by atoms with Gasteiger partial charge in [0.2, 0.25) is 0 Å². The van der Waals surface area contributed by atoms with Gasteiger partial charge in [-0.3, -0.25) is 0 Å². The fourth-order valence-electron chi connectivity index (χ4n) is 2.15. The lowest BCUT2D eigenvalue weighted by Gasteiger charge is -2.10. The van der Waals surface area contributed by atoms with Crippen LogP contribution in [-0.2, 0) is 16.6 Å². The second-order valence-corrected chi connectivity index (χ2v) is 6.95. The average Bonchev–Trinajstić information content (AvgIpc) is 2.62. The maximum atomic E-state index is 12.2. The van der Waals surface area contributed by atoms with Gasteiger partial charge in [0.05, 0.1) is 18.1 Å². The van der Waals surface area contributed by atoms with Crippen molar-refractivity contribution in [2.24, 2.45) is 0 Å². The van der Waals surface area contributed by atoms with E-state index in [-0.39, 0.29) is 11.4 Å². The Morgan fingerprint density at radius 3 is 1.88 bits per heavy atom. The van der Waals surface area contributed by atoms with Crippen molar-refractivity contribution in [3.8, 4) is 11.5 Å². The Bertz CT molecular complexity index is 818. The maximum absolute atomic E-state index is 12.2. The fourth-order valence-corrected chi connectivity index (χ4v) is 3.08. The molecule has 0 atom stereocenters. The Kier molecular flexibility index (Phi) is 6.85. The minimum atomic E-state index is -3.95. The molecule has 0 spiro atoms. The van der Waals surface area contributed by atoms with Gasteiger partial charge in [0.25, 0.3) is 10.0 Å². The van der Waals surface area contributed by atoms with Crippen LogP contribution in [0.15, 0.2) is 53.4 Å². The largest absolute Gasteiger partial charge is 0.494 e. The first-order chi connectivity index (χ1) is 12.4. The van der Waals surface area contributed by atoms with Crippen LogP contribution < -0.4 is 19.5 Å². The summed E-state index contributed by atoms with van der Waals surface area (Å²) in [5.41, 5.74) is 0.821. The van der Waals surface area contributed by atoms with Gasteiger partial charge in [-0.05, 0) is 55.8 Å². The number of carbonyl (C=O) groups is 1. The molecular formula is C18H22N2O5S. The topological polar surface area (TPSA) is 93.7 Å². The van der Waals surface area contributed by atoms with Crippen LogP contribution in [0.3, 0.4) is 0 Å². The lowest BCUT2D eigenvalue weighted by Crippen LogP contribution is -2.39. The normalized spacial score (nSPS) is 10.8. The van der Waals surface area contributed by atoms with Crippen molar-refractivity contribution in [3.05, 3.63) is 54.1 Å². The van der Waals surface area contributed by atoms with Crippen LogP contribution in [0.25, 0.3) is 0 Å². The molecule has 0 aliphatic heterocycles. The highest BCUT2D eigenvalue weighted by Crippen LogP contribution is 2.16. The van der Waals surface area contributed by atoms with E-state index in [4.69, 9.17) is 9.47 Å². The van der Waals surface area contributed by atoms with E-state index in [1.165, 1.54) is 24.3 Å². The average molecular weight is 378 g/mol. The summed E-state index contributed by atoms with van der Waals surface area (Å²) in [5, 5.41) is 2.51. The molecule has 0 aliphatic carbocycles. The molecule has 2 aromatic rings. The van der Waals surface area contributed by atoms with Crippen molar-refractivity contribution in [2.45, 2.75) is 25.3 Å². The standard InChI is InChI=1S/C18H22N2O5S/c1-3-24-15-7-5-14(6-8-15)13-19-18(21)20-26(22,23)17-11-9-16(10-12-17)25-4-2/h5-12H,3-4,13H2,1-2H3,(H2,19,20,21). The number of carbonyl (C=O) groups excluding carboxylic acids is 1. The van der Waals surface area contributed by atoms with E-state index in [0.29, 0.717) is 19.0 Å². The zero-order valence-corrected chi connectivity index (χ0v) is 15.5. The second-order valence-electron chi connectivity index (χ2n) is 5.27. The molecule has 2 rings (SSSR count). The number of amides is 2. The predicted octanol–water partition coefficient (Wildman–Crippen LogP) is 2.67. The number of hydrogen-bond donors (Lipinski definition) is 2. The summed E-state index contributed by atoms with van der Waals surface area (Å²) in [7, 11) is -3.95. The van der Waals surface area contributed by atoms with Crippen molar-refractivity contribution in [2.75, 3.05) is 13.2 Å². The van der Waals surface area contributed by atoms with Gasteiger partial charge in [-0.25, -0.2) is 17.9 Å². The van der Waals surface area contributed by atoms with E-state index in [9.17, 15) is 13.2 Å². The first kappa shape index (κ1) is 19.6. The summed E-state index contributed by atoms with van der Waals surface area (Å²) in [6.45, 7) is 4.98. The molecule has 2 N–H and O–H groups in total. The molecule has 0 saturated heterocycles. The van der Waals surface area contributed by atoms with E-state index in [1.807, 2.05) is 18.6 Å². The minimum Gasteiger partial charge on any atom is -0.494 e. The third-order valence-corrected chi connectivity index (χ3v) is 4.71. The second kappa shape index (κ2) is 9.10. The number of hydrogen-bond acceptors (Lipinski definition) is 5. The minimum absolute atomic E-state index is 0.0165. The van der Waals surface area contributed by atoms with Crippen LogP contribution in [0.2, 0.25) is 0 Å². The van der Waals surface area contributed by atoms with Crippen molar-refractivity contribution in [1.29, 1.82) is 0 Å². The van der Waals surface area contributed by atoms with Crippen molar-refractivity contribution < 1.29 is 22.7 Å². The van der Waals surface area contributed by atoms with Crippen molar-refractivity contribution in [3.63, 3.8) is 0 Å². The smallest absolute Gasteiger partial charge is 0.328 e. The Hall–Kier alpha value is -2.74. The summed E-state index contributed by atoms with van der Waals surface area (Å²) in [4.78, 5) is 11.9. The molecule has 140 valence electrons. The quantitative estimate of drug-likeness (QED) is 0.737. The molecule has 8 heteroatoms. The fraction of sp³-hybridized carbons (Fsp3) is 0.278. The highest BCUT2D eigenvalue weighted by atomic mass is 32.2. The molecule has 26 heavy (non-hydrogen) atoms. The number of nitrogens with one attached hydrogen (secondary N) is 2. The predicted molar refractivity (Wildman–Crippen MR) is 97.8 cm³/mol. The Labute approximate surface area is 153 Å². The maximum Gasteiger partial charge on any atom is 0.328 e. The van der Waals surface area contributed by atoms with Gasteiger partial charge in [-0.15, -0.1) is 0 Å². The van der Waals surface area contributed by atoms with Crippen molar-refractivity contribution >= 4 is 16.1 Å². The first-order valence-electron chi connectivity index (χ1n) is 8.20. The number of ether oxygens (including phenoxy) is 2. The molecule has 0 heterocycles. The zero-order valence-electron chi connectivity index (χ0n) is 14.7. The van der Waals surface area contributed by atoms with Crippen LogP contribution in [-0.4, -0.2) is 27.7 Å². The van der Waals surface area contributed by atoms with Gasteiger partial charge in [0, 0.05) is 6.54 Å². The SMILES string of the molecule is CCOc1ccc(CNC(=O)NS(=O)(=O)c2ccc(OCC)cc2)cc1. The molecule has 0 radical (unpaired) electrons. The van der Waals surface area contributed by atoms with Gasteiger partial charge < -0.3 is 14.8 Å². The lowest BCUT2D eigenvalue weighted by molar-refractivity contribution is 0.245. The summed E-state index contributed by atoms with van der Waals surface area (Å²) < 4.78 is 37.0. The van der Waals surface area contributed by atoms with Crippen LogP contribution >= 0.6 is 0 Å². The van der Waals surface area contributed by atoms with Gasteiger partial charge in [-0.2, -0.15) is 0 Å². The van der Waals surface area contributed by atoms with E-state index in [1.54, 1.807) is 24.3 Å². The molecule has 2 amide bonds. The molecule has 0 unspecified atom stereocenters. The molecule has 0 aliphatic rings. The van der Waals surface area contributed by atoms with Gasteiger partial charge in [0.15, 0.2) is 0 Å². The molecule has 7 nitrogen and oxygen atoms in total. The Morgan fingerprint density at radius 1 is 0.885 bits per heavy atom. The molecular weight excluding hydrogens is 356 g/mol. The molecule has 0 bridgehead atoms. The van der Waals surface area contributed by atoms with Crippen molar-refractivity contribution in [1.82, 2.24) is 10.0 Å². The van der Waals surface area contributed by atoms with E-state index in [0.717, 1.165) is 11.3 Å². The highest BCUT2D eigenvalue weighted by molar-refractivity contribution is 7.90. The summed E-state index contributed by atoms with van der Waals surface area (Å²) in [5.74, 6) is 1.30. The highest BCUT2D eigenvalue weighted by Gasteiger charge is 2.17. The van der Waals surface area contributed by atoms with Gasteiger partial charge >= 0.3 is 6.03 Å². The summed E-state index contributed by atoms with van der Waals surface area (Å²) in [6, 6.07) is 12.2. The third-order valence-electron chi connectivity index (χ3n) is 3.36. The molecule has 0 fully saturated rings. The molecule has 0 saturated carbocycles. The number of urea groups is 1. The lowest BCUT2D eigenvalue weighted by atomic mass is 10.2. The van der Waals surface area contributed by atoms with Crippen LogP contribution in [0.4, 0.5) is 4.79 Å². The number of benzene rings is 2. The van der Waals surface area contributed by atoms with Crippen LogP contribution in [0.1, 0.15) is 19.4 Å². The summed E-state index contributed by atoms with van der Waals surface area (Å²) in [6.07, 6.45) is 0. The van der Waals surface area contributed by atoms with Crippen LogP contribution in [0.5, 0.6) is 11.5 Å². The molecule has 2 aromatic carbocycles. The number of rotatable bonds is 8. The Balaban J connectivity index is 1.91. The zero-order chi connectivity index (χ0) is 19.0. The van der Waals surface area contributed by atoms with E-state index in [2.05, 4.69) is 5.32 Å². The first-order valence-corrected chi connectivity index (χ1v) is 9.68. The van der Waals surface area contributed by atoms with Crippen LogP contribution in [0, 0.1) is 0 Å².